The number of benzene rings is 3. The van der Waals surface area contributed by atoms with Gasteiger partial charge < -0.3 is 20.3 Å². The Labute approximate surface area is 237 Å². The molecule has 0 saturated carbocycles. The van der Waals surface area contributed by atoms with E-state index in [1.165, 1.54) is 0 Å². The summed E-state index contributed by atoms with van der Waals surface area (Å²) in [5.74, 6) is 3.90. The van der Waals surface area contributed by atoms with Crippen LogP contribution >= 0.6 is 9.24 Å². The molecule has 1 fully saturated rings. The first-order valence-corrected chi connectivity index (χ1v) is 14.1. The monoisotopic (exact) mass is 551 g/mol. The molecule has 3 aromatic carbocycles. The zero-order chi connectivity index (χ0) is 27.9. The van der Waals surface area contributed by atoms with E-state index in [1.807, 2.05) is 73.8 Å². The lowest BCUT2D eigenvalue weighted by atomic mass is 10.1. The van der Waals surface area contributed by atoms with E-state index in [-0.39, 0.29) is 5.52 Å². The van der Waals surface area contributed by atoms with Crippen LogP contribution in [0, 0.1) is 0 Å². The topological polar surface area (TPSA) is 79.4 Å². The summed E-state index contributed by atoms with van der Waals surface area (Å²) in [4.78, 5) is 23.9. The lowest BCUT2D eigenvalue weighted by Crippen LogP contribution is -2.23. The minimum atomic E-state index is 0.0226. The number of anilines is 3. The molecule has 5 rings (SSSR count). The van der Waals surface area contributed by atoms with Crippen LogP contribution < -0.4 is 20.3 Å². The van der Waals surface area contributed by atoms with Crippen LogP contribution in [0.3, 0.4) is 0 Å². The predicted molar refractivity (Wildman–Crippen MR) is 166 cm³/mol. The van der Waals surface area contributed by atoms with Gasteiger partial charge in [-0.15, -0.1) is 0 Å². The van der Waals surface area contributed by atoms with Gasteiger partial charge in [-0.3, -0.25) is 4.79 Å². The number of hydrogen-bond donors (Lipinski definition) is 2. The van der Waals surface area contributed by atoms with Crippen molar-refractivity contribution in [2.75, 3.05) is 35.7 Å². The molecular formula is C32H34N5O2P. The van der Waals surface area contributed by atoms with Crippen LogP contribution in [0.25, 0.3) is 5.70 Å². The number of hydrogen-bond acceptors (Lipinski definition) is 7. The highest BCUT2D eigenvalue weighted by atomic mass is 31.0. The molecule has 1 aliphatic heterocycles. The van der Waals surface area contributed by atoms with Gasteiger partial charge in [0.1, 0.15) is 29.0 Å². The second-order valence-corrected chi connectivity index (χ2v) is 10.4. The van der Waals surface area contributed by atoms with Crippen molar-refractivity contribution in [2.24, 2.45) is 0 Å². The molecule has 204 valence electrons. The van der Waals surface area contributed by atoms with Crippen LogP contribution in [0.5, 0.6) is 11.5 Å². The molecule has 1 aliphatic rings. The maximum Gasteiger partial charge on any atom is 0.152 e. The fraction of sp³-hybridized carbons (Fsp3) is 0.219. The molecular weight excluding hydrogens is 517 g/mol. The van der Waals surface area contributed by atoms with E-state index in [4.69, 9.17) is 14.7 Å². The summed E-state index contributed by atoms with van der Waals surface area (Å²) in [6, 6.07) is 25.8. The number of para-hydroxylation sites is 1. The van der Waals surface area contributed by atoms with Crippen molar-refractivity contribution in [3.05, 3.63) is 108 Å². The van der Waals surface area contributed by atoms with Crippen molar-refractivity contribution in [3.63, 3.8) is 0 Å². The lowest BCUT2D eigenvalue weighted by molar-refractivity contribution is -0.110. The number of aromatic nitrogens is 2. The molecule has 0 aliphatic carbocycles. The summed E-state index contributed by atoms with van der Waals surface area (Å²) < 4.78 is 5.88. The summed E-state index contributed by atoms with van der Waals surface area (Å²) in [6.07, 6.45) is 3.15. The van der Waals surface area contributed by atoms with E-state index >= 15 is 0 Å². The zero-order valence-corrected chi connectivity index (χ0v) is 23.8. The number of carbonyl (C=O) groups excluding carboxylic acids is 1. The van der Waals surface area contributed by atoms with Crippen LogP contribution in [-0.2, 0) is 17.6 Å². The van der Waals surface area contributed by atoms with Gasteiger partial charge in [-0.05, 0) is 72.5 Å². The fourth-order valence-corrected chi connectivity index (χ4v) is 5.02. The van der Waals surface area contributed by atoms with Gasteiger partial charge in [-0.2, -0.15) is 0 Å². The number of nitrogens with one attached hydrogen (secondary N) is 2. The van der Waals surface area contributed by atoms with Crippen LogP contribution in [-0.4, -0.2) is 35.6 Å². The lowest BCUT2D eigenvalue weighted by Gasteiger charge is -2.22. The third-order valence-corrected chi connectivity index (χ3v) is 7.02. The minimum absolute atomic E-state index is 0.0226. The maximum absolute atomic E-state index is 11.9. The van der Waals surface area contributed by atoms with E-state index < -0.39 is 0 Å². The van der Waals surface area contributed by atoms with E-state index in [1.54, 1.807) is 0 Å². The zero-order valence-electron chi connectivity index (χ0n) is 22.7. The standard InChI is InChI=1S/C32H34N5O2P/c1-22(24-12-16-27(17-13-24)39-26-8-4-3-5-9-26)34-25-14-10-23(11-15-25)20-29-35-31(33-2)28(21-30(38)40)32(36-29)37-18-6-7-19-37/h3-5,8-17,34H,1,6-7,18-21,40H2,2H3,(H,33,35,36). The second kappa shape index (κ2) is 12.8. The maximum atomic E-state index is 11.9. The summed E-state index contributed by atoms with van der Waals surface area (Å²) in [5, 5.41) is 6.58. The van der Waals surface area contributed by atoms with Crippen LogP contribution in [0.4, 0.5) is 17.3 Å². The first kappa shape index (κ1) is 27.4. The number of nitrogens with zero attached hydrogens (tertiary/aromatic N) is 3. The Bertz CT molecular complexity index is 1470. The van der Waals surface area contributed by atoms with Crippen molar-refractivity contribution in [1.29, 1.82) is 0 Å². The van der Waals surface area contributed by atoms with Gasteiger partial charge in [-0.1, -0.05) is 46.2 Å². The Morgan fingerprint density at radius 2 is 1.62 bits per heavy atom. The average molecular weight is 552 g/mol. The van der Waals surface area contributed by atoms with Crippen molar-refractivity contribution >= 4 is 37.8 Å². The van der Waals surface area contributed by atoms with E-state index in [0.29, 0.717) is 12.8 Å². The SMILES string of the molecule is C=C(Nc1ccc(Cc2nc(NC)c(CC(=O)P)c(N3CCCC3)n2)cc1)c1ccc(Oc2ccccc2)cc1. The summed E-state index contributed by atoms with van der Waals surface area (Å²) in [5.41, 5.74) is 4.72. The van der Waals surface area contributed by atoms with E-state index in [0.717, 1.165) is 83.0 Å². The van der Waals surface area contributed by atoms with Crippen molar-refractivity contribution < 1.29 is 9.53 Å². The molecule has 0 spiro atoms. The van der Waals surface area contributed by atoms with Crippen LogP contribution in [0.1, 0.15) is 35.4 Å². The van der Waals surface area contributed by atoms with Crippen molar-refractivity contribution in [1.82, 2.24) is 9.97 Å². The number of rotatable bonds is 11. The molecule has 2 N–H and O–H groups in total. The summed E-state index contributed by atoms with van der Waals surface area (Å²) in [7, 11) is 4.11. The predicted octanol–water partition coefficient (Wildman–Crippen LogP) is 6.53. The van der Waals surface area contributed by atoms with E-state index in [9.17, 15) is 4.79 Å². The molecule has 0 bridgehead atoms. The fourth-order valence-electron chi connectivity index (χ4n) is 4.81. The average Bonchev–Trinajstić information content (AvgIpc) is 3.50. The third kappa shape index (κ3) is 6.85. The normalized spacial score (nSPS) is 12.7. The van der Waals surface area contributed by atoms with Crippen molar-refractivity contribution in [2.45, 2.75) is 25.7 Å². The number of carbonyl (C=O) groups is 1. The first-order valence-electron chi connectivity index (χ1n) is 13.5. The largest absolute Gasteiger partial charge is 0.457 e. The Morgan fingerprint density at radius 3 is 2.27 bits per heavy atom. The second-order valence-electron chi connectivity index (χ2n) is 9.79. The van der Waals surface area contributed by atoms with Gasteiger partial charge in [0.15, 0.2) is 5.52 Å². The van der Waals surface area contributed by atoms with E-state index in [2.05, 4.69) is 43.5 Å². The Balaban J connectivity index is 1.25. The van der Waals surface area contributed by atoms with Gasteiger partial charge in [0.05, 0.1) is 0 Å². The molecule has 0 radical (unpaired) electrons. The molecule has 8 heteroatoms. The Morgan fingerprint density at radius 1 is 0.950 bits per heavy atom. The Kier molecular flexibility index (Phi) is 8.72. The molecule has 7 nitrogen and oxygen atoms in total. The third-order valence-electron chi connectivity index (χ3n) is 6.82. The molecule has 2 heterocycles. The molecule has 1 atom stereocenters. The molecule has 40 heavy (non-hydrogen) atoms. The van der Waals surface area contributed by atoms with Crippen LogP contribution in [0.15, 0.2) is 85.4 Å². The van der Waals surface area contributed by atoms with Gasteiger partial charge in [0.2, 0.25) is 0 Å². The minimum Gasteiger partial charge on any atom is -0.457 e. The summed E-state index contributed by atoms with van der Waals surface area (Å²) in [6.45, 7) is 6.11. The smallest absolute Gasteiger partial charge is 0.152 e. The highest BCUT2D eigenvalue weighted by molar-refractivity contribution is 7.40. The van der Waals surface area contributed by atoms with Gasteiger partial charge in [0.25, 0.3) is 0 Å². The van der Waals surface area contributed by atoms with Crippen molar-refractivity contribution in [3.8, 4) is 11.5 Å². The molecule has 4 aromatic rings. The van der Waals surface area contributed by atoms with Crippen LogP contribution in [0.2, 0.25) is 0 Å². The molecule has 1 unspecified atom stereocenters. The quantitative estimate of drug-likeness (QED) is 0.205. The summed E-state index contributed by atoms with van der Waals surface area (Å²) >= 11 is 0. The molecule has 1 saturated heterocycles. The molecule has 1 aromatic heterocycles. The highest BCUT2D eigenvalue weighted by Crippen LogP contribution is 2.30. The number of ether oxygens (including phenoxy) is 1. The molecule has 0 amide bonds. The highest BCUT2D eigenvalue weighted by Gasteiger charge is 2.22. The van der Waals surface area contributed by atoms with Gasteiger partial charge in [-0.25, -0.2) is 9.97 Å². The van der Waals surface area contributed by atoms with Gasteiger partial charge in [0, 0.05) is 49.9 Å². The Hall–Kier alpha value is -4.22. The van der Waals surface area contributed by atoms with Gasteiger partial charge >= 0.3 is 0 Å². The first-order chi connectivity index (χ1) is 19.5.